The predicted octanol–water partition coefficient (Wildman–Crippen LogP) is 1.94. The van der Waals surface area contributed by atoms with E-state index in [0.717, 1.165) is 18.6 Å². The second-order valence-electron chi connectivity index (χ2n) is 4.36. The third-order valence-electron chi connectivity index (χ3n) is 3.23. The van der Waals surface area contributed by atoms with Crippen LogP contribution in [0.1, 0.15) is 31.9 Å². The molecule has 1 saturated heterocycles. The quantitative estimate of drug-likeness (QED) is 0.869. The van der Waals surface area contributed by atoms with Crippen molar-refractivity contribution in [3.63, 3.8) is 0 Å². The number of aliphatic hydroxyl groups excluding tert-OH is 1. The van der Waals surface area contributed by atoms with Gasteiger partial charge in [-0.15, -0.1) is 0 Å². The fraction of sp³-hybridized carbons (Fsp3) is 0.615. The lowest BCUT2D eigenvalue weighted by Gasteiger charge is -2.21. The molecule has 0 radical (unpaired) electrons. The van der Waals surface area contributed by atoms with Crippen molar-refractivity contribution in [1.29, 1.82) is 0 Å². The molecule has 3 atom stereocenters. The monoisotopic (exact) mass is 237 g/mol. The number of hydrogen-bond acceptors (Lipinski definition) is 4. The van der Waals surface area contributed by atoms with Gasteiger partial charge in [-0.2, -0.15) is 0 Å². The molecule has 0 saturated carbocycles. The van der Waals surface area contributed by atoms with Crippen molar-refractivity contribution < 1.29 is 14.6 Å². The van der Waals surface area contributed by atoms with Gasteiger partial charge in [-0.25, -0.2) is 0 Å². The molecule has 2 heterocycles. The summed E-state index contributed by atoms with van der Waals surface area (Å²) in [5.74, 6) is 0.851. The van der Waals surface area contributed by atoms with Crippen molar-refractivity contribution in [2.75, 3.05) is 13.2 Å². The van der Waals surface area contributed by atoms with E-state index in [9.17, 15) is 5.11 Å². The van der Waals surface area contributed by atoms with Crippen molar-refractivity contribution in [1.82, 2.24) is 4.98 Å². The van der Waals surface area contributed by atoms with E-state index in [4.69, 9.17) is 9.47 Å². The molecule has 1 aliphatic rings. The predicted molar refractivity (Wildman–Crippen MR) is 63.9 cm³/mol. The van der Waals surface area contributed by atoms with Crippen molar-refractivity contribution in [2.45, 2.75) is 32.5 Å². The summed E-state index contributed by atoms with van der Waals surface area (Å²) < 4.78 is 10.9. The molecule has 0 aliphatic carbocycles. The van der Waals surface area contributed by atoms with Crippen LogP contribution >= 0.6 is 0 Å². The lowest BCUT2D eigenvalue weighted by molar-refractivity contribution is 0.0428. The summed E-state index contributed by atoms with van der Waals surface area (Å²) in [5, 5.41) is 10.3. The molecule has 4 nitrogen and oxygen atoms in total. The first-order chi connectivity index (χ1) is 8.22. The summed E-state index contributed by atoms with van der Waals surface area (Å²) in [4.78, 5) is 4.09. The van der Waals surface area contributed by atoms with Crippen LogP contribution in [0.2, 0.25) is 0 Å². The Bertz CT molecular complexity index is 369. The van der Waals surface area contributed by atoms with Crippen LogP contribution in [-0.4, -0.2) is 29.4 Å². The van der Waals surface area contributed by atoms with Crippen LogP contribution in [0, 0.1) is 5.92 Å². The molecular weight excluding hydrogens is 218 g/mol. The van der Waals surface area contributed by atoms with Crippen LogP contribution in [0.4, 0.5) is 0 Å². The van der Waals surface area contributed by atoms with Gasteiger partial charge in [0.15, 0.2) is 0 Å². The maximum atomic E-state index is 10.3. The van der Waals surface area contributed by atoms with Crippen molar-refractivity contribution in [3.05, 3.63) is 24.0 Å². The van der Waals surface area contributed by atoms with Gasteiger partial charge in [-0.05, 0) is 26.3 Å². The number of nitrogens with zero attached hydrogens (tertiary/aromatic N) is 1. The van der Waals surface area contributed by atoms with E-state index >= 15 is 0 Å². The lowest BCUT2D eigenvalue weighted by atomic mass is 9.91. The van der Waals surface area contributed by atoms with Crippen LogP contribution in [-0.2, 0) is 4.74 Å². The zero-order chi connectivity index (χ0) is 12.3. The van der Waals surface area contributed by atoms with Gasteiger partial charge in [-0.1, -0.05) is 0 Å². The smallest absolute Gasteiger partial charge is 0.137 e. The molecule has 1 aromatic heterocycles. The fourth-order valence-corrected chi connectivity index (χ4v) is 2.25. The van der Waals surface area contributed by atoms with E-state index in [2.05, 4.69) is 4.98 Å². The van der Waals surface area contributed by atoms with Gasteiger partial charge in [-0.3, -0.25) is 4.98 Å². The van der Waals surface area contributed by atoms with Crippen molar-refractivity contribution >= 4 is 0 Å². The first kappa shape index (κ1) is 12.3. The van der Waals surface area contributed by atoms with Gasteiger partial charge in [0.1, 0.15) is 5.75 Å². The van der Waals surface area contributed by atoms with Crippen LogP contribution in [0.15, 0.2) is 18.5 Å². The normalized spacial score (nSPS) is 25.8. The SMILES string of the molecule is CCOc1cncc(C(O)C2CCOC2C)c1. The highest BCUT2D eigenvalue weighted by atomic mass is 16.5. The fourth-order valence-electron chi connectivity index (χ4n) is 2.25. The molecule has 3 unspecified atom stereocenters. The van der Waals surface area contributed by atoms with Gasteiger partial charge in [0.25, 0.3) is 0 Å². The van der Waals surface area contributed by atoms with Crippen LogP contribution in [0.5, 0.6) is 5.75 Å². The van der Waals surface area contributed by atoms with Crippen LogP contribution in [0.3, 0.4) is 0 Å². The average Bonchev–Trinajstić information content (AvgIpc) is 2.75. The third-order valence-corrected chi connectivity index (χ3v) is 3.23. The lowest BCUT2D eigenvalue weighted by Crippen LogP contribution is -2.20. The van der Waals surface area contributed by atoms with Gasteiger partial charge in [0.05, 0.1) is 25.0 Å². The maximum absolute atomic E-state index is 10.3. The minimum absolute atomic E-state index is 0.0979. The largest absolute Gasteiger partial charge is 0.492 e. The Kier molecular flexibility index (Phi) is 3.97. The Balaban J connectivity index is 2.12. The Labute approximate surface area is 102 Å². The first-order valence-electron chi connectivity index (χ1n) is 6.09. The summed E-state index contributed by atoms with van der Waals surface area (Å²) in [6, 6.07) is 1.85. The summed E-state index contributed by atoms with van der Waals surface area (Å²) in [6.07, 6.45) is 3.81. The third kappa shape index (κ3) is 2.76. The second kappa shape index (κ2) is 5.47. The Morgan fingerprint density at radius 3 is 3.06 bits per heavy atom. The van der Waals surface area contributed by atoms with E-state index in [-0.39, 0.29) is 12.0 Å². The Morgan fingerprint density at radius 1 is 1.59 bits per heavy atom. The summed E-state index contributed by atoms with van der Waals surface area (Å²) in [7, 11) is 0. The highest BCUT2D eigenvalue weighted by molar-refractivity contribution is 5.25. The molecule has 1 aliphatic heterocycles. The molecule has 0 spiro atoms. The molecule has 0 bridgehead atoms. The zero-order valence-corrected chi connectivity index (χ0v) is 10.3. The van der Waals surface area contributed by atoms with E-state index in [0.29, 0.717) is 12.4 Å². The van der Waals surface area contributed by atoms with Crippen molar-refractivity contribution in [2.24, 2.45) is 5.92 Å². The summed E-state index contributed by atoms with van der Waals surface area (Å²) >= 11 is 0. The zero-order valence-electron chi connectivity index (χ0n) is 10.3. The van der Waals surface area contributed by atoms with E-state index in [1.165, 1.54) is 0 Å². The molecular formula is C13H19NO3. The molecule has 1 fully saturated rings. The first-order valence-corrected chi connectivity index (χ1v) is 6.09. The number of aliphatic hydroxyl groups is 1. The number of rotatable bonds is 4. The standard InChI is InChI=1S/C13H19NO3/c1-3-16-11-6-10(7-14-8-11)13(15)12-4-5-17-9(12)2/h6-9,12-13,15H,3-5H2,1-2H3. The minimum atomic E-state index is -0.527. The van der Waals surface area contributed by atoms with Crippen LogP contribution in [0.25, 0.3) is 0 Å². The van der Waals surface area contributed by atoms with E-state index < -0.39 is 6.10 Å². The highest BCUT2D eigenvalue weighted by Crippen LogP contribution is 2.33. The van der Waals surface area contributed by atoms with Crippen molar-refractivity contribution in [3.8, 4) is 5.75 Å². The molecule has 1 aromatic rings. The van der Waals surface area contributed by atoms with Gasteiger partial charge < -0.3 is 14.6 Å². The molecule has 2 rings (SSSR count). The van der Waals surface area contributed by atoms with Gasteiger partial charge in [0, 0.05) is 24.3 Å². The summed E-state index contributed by atoms with van der Waals surface area (Å²) in [6.45, 7) is 5.25. The molecule has 4 heteroatoms. The average molecular weight is 237 g/mol. The molecule has 1 N–H and O–H groups in total. The highest BCUT2D eigenvalue weighted by Gasteiger charge is 2.31. The minimum Gasteiger partial charge on any atom is -0.492 e. The van der Waals surface area contributed by atoms with E-state index in [1.807, 2.05) is 19.9 Å². The maximum Gasteiger partial charge on any atom is 0.137 e. The molecule has 0 amide bonds. The number of ether oxygens (including phenoxy) is 2. The van der Waals surface area contributed by atoms with Crippen LogP contribution < -0.4 is 4.74 Å². The number of aromatic nitrogens is 1. The van der Waals surface area contributed by atoms with E-state index in [1.54, 1.807) is 12.4 Å². The Hall–Kier alpha value is -1.13. The summed E-state index contributed by atoms with van der Waals surface area (Å²) in [5.41, 5.74) is 0.804. The Morgan fingerprint density at radius 2 is 2.41 bits per heavy atom. The molecule has 0 aromatic carbocycles. The topological polar surface area (TPSA) is 51.6 Å². The van der Waals surface area contributed by atoms with Gasteiger partial charge >= 0.3 is 0 Å². The number of hydrogen-bond donors (Lipinski definition) is 1. The number of pyridine rings is 1. The molecule has 94 valence electrons. The van der Waals surface area contributed by atoms with Gasteiger partial charge in [0.2, 0.25) is 0 Å². The molecule has 17 heavy (non-hydrogen) atoms. The second-order valence-corrected chi connectivity index (χ2v) is 4.36.